The highest BCUT2D eigenvalue weighted by atomic mass is 35.5. The second-order valence-corrected chi connectivity index (χ2v) is 8.92. The van der Waals surface area contributed by atoms with E-state index in [2.05, 4.69) is 10.3 Å². The lowest BCUT2D eigenvalue weighted by molar-refractivity contribution is -0.155. The van der Waals surface area contributed by atoms with Crippen molar-refractivity contribution in [3.05, 3.63) is 70.6 Å². The largest absolute Gasteiger partial charge is 0.461 e. The molecule has 1 aromatic heterocycles. The van der Waals surface area contributed by atoms with E-state index in [9.17, 15) is 9.59 Å². The van der Waals surface area contributed by atoms with Crippen molar-refractivity contribution in [3.8, 4) is 11.3 Å². The fourth-order valence-corrected chi connectivity index (χ4v) is 4.82. The quantitative estimate of drug-likeness (QED) is 0.467. The second kappa shape index (κ2) is 10.1. The average molecular weight is 455 g/mol. The Hall–Kier alpha value is -2.70. The van der Waals surface area contributed by atoms with Gasteiger partial charge in [-0.1, -0.05) is 66.9 Å². The highest BCUT2D eigenvalue weighted by molar-refractivity contribution is 7.14. The maximum atomic E-state index is 13.0. The highest BCUT2D eigenvalue weighted by Gasteiger charge is 2.37. The van der Waals surface area contributed by atoms with E-state index in [1.54, 1.807) is 12.1 Å². The third-order valence-electron chi connectivity index (χ3n) is 5.48. The number of nitrogens with one attached hydrogen (secondary N) is 1. The van der Waals surface area contributed by atoms with E-state index in [1.165, 1.54) is 11.3 Å². The molecule has 0 spiro atoms. The molecule has 160 valence electrons. The Morgan fingerprint density at radius 1 is 1.06 bits per heavy atom. The Bertz CT molecular complexity index is 1050. The molecule has 2 aromatic carbocycles. The van der Waals surface area contributed by atoms with Crippen LogP contribution in [0.15, 0.2) is 60.0 Å². The summed E-state index contributed by atoms with van der Waals surface area (Å²) in [5.74, 6) is -1.35. The molecule has 0 radical (unpaired) electrons. The predicted octanol–water partition coefficient (Wildman–Crippen LogP) is 5.95. The molecule has 2 atom stereocenters. The van der Waals surface area contributed by atoms with Gasteiger partial charge < -0.3 is 10.1 Å². The highest BCUT2D eigenvalue weighted by Crippen LogP contribution is 2.33. The van der Waals surface area contributed by atoms with Gasteiger partial charge in [0.1, 0.15) is 6.61 Å². The molecule has 4 rings (SSSR count). The number of halogens is 1. The van der Waals surface area contributed by atoms with Gasteiger partial charge in [-0.3, -0.25) is 9.59 Å². The van der Waals surface area contributed by atoms with Crippen molar-refractivity contribution in [3.63, 3.8) is 0 Å². The fraction of sp³-hybridized carbons (Fsp3) is 0.292. The summed E-state index contributed by atoms with van der Waals surface area (Å²) in [7, 11) is 0. The molecule has 1 heterocycles. The second-order valence-electron chi connectivity index (χ2n) is 7.63. The molecule has 31 heavy (non-hydrogen) atoms. The normalized spacial score (nSPS) is 18.4. The number of carbonyl (C=O) groups excluding carboxylic acids is 2. The molecule has 0 saturated heterocycles. The van der Waals surface area contributed by atoms with Gasteiger partial charge in [-0.15, -0.1) is 11.3 Å². The standard InChI is InChI=1S/C24H23ClN2O3S/c25-18-10-6-7-16(13-18)14-30-23(29)20-12-5-4-11-19(20)22(28)27-24-26-21(15-31-24)17-8-2-1-3-9-17/h1-3,6-10,13,15,19-20H,4-5,11-12,14H2,(H,26,27,28)/t19-,20-/m0/s1. The van der Waals surface area contributed by atoms with Crippen LogP contribution < -0.4 is 5.32 Å². The molecule has 1 amide bonds. The van der Waals surface area contributed by atoms with E-state index in [1.807, 2.05) is 47.8 Å². The van der Waals surface area contributed by atoms with E-state index in [-0.39, 0.29) is 18.5 Å². The number of ether oxygens (including phenoxy) is 1. The van der Waals surface area contributed by atoms with Gasteiger partial charge in [-0.25, -0.2) is 4.98 Å². The van der Waals surface area contributed by atoms with Crippen LogP contribution in [0.5, 0.6) is 0 Å². The number of aromatic nitrogens is 1. The number of rotatable bonds is 6. The van der Waals surface area contributed by atoms with Gasteiger partial charge in [-0.2, -0.15) is 0 Å². The average Bonchev–Trinajstić information content (AvgIpc) is 3.26. The van der Waals surface area contributed by atoms with E-state index in [0.717, 1.165) is 29.7 Å². The number of esters is 1. The number of thiazole rings is 1. The summed E-state index contributed by atoms with van der Waals surface area (Å²) in [6.07, 6.45) is 3.15. The topological polar surface area (TPSA) is 68.3 Å². The smallest absolute Gasteiger partial charge is 0.310 e. The summed E-state index contributed by atoms with van der Waals surface area (Å²) in [4.78, 5) is 30.3. The zero-order chi connectivity index (χ0) is 21.6. The van der Waals surface area contributed by atoms with Gasteiger partial charge in [0.25, 0.3) is 0 Å². The Labute approximate surface area is 190 Å². The minimum Gasteiger partial charge on any atom is -0.461 e. The van der Waals surface area contributed by atoms with Crippen LogP contribution in [0.1, 0.15) is 31.2 Å². The van der Waals surface area contributed by atoms with Crippen LogP contribution in [0.3, 0.4) is 0 Å². The lowest BCUT2D eigenvalue weighted by Gasteiger charge is -2.28. The van der Waals surface area contributed by atoms with Gasteiger partial charge in [0.15, 0.2) is 5.13 Å². The van der Waals surface area contributed by atoms with Crippen LogP contribution in [0.2, 0.25) is 5.02 Å². The number of amides is 1. The fourth-order valence-electron chi connectivity index (χ4n) is 3.89. The van der Waals surface area contributed by atoms with Crippen LogP contribution >= 0.6 is 22.9 Å². The molecular weight excluding hydrogens is 432 g/mol. The first-order valence-corrected chi connectivity index (χ1v) is 11.6. The van der Waals surface area contributed by atoms with Gasteiger partial charge in [-0.05, 0) is 30.5 Å². The van der Waals surface area contributed by atoms with Crippen LogP contribution in [0.25, 0.3) is 11.3 Å². The summed E-state index contributed by atoms with van der Waals surface area (Å²) < 4.78 is 5.52. The van der Waals surface area contributed by atoms with E-state index in [4.69, 9.17) is 16.3 Å². The first kappa shape index (κ1) is 21.5. The molecular formula is C24H23ClN2O3S. The summed E-state index contributed by atoms with van der Waals surface area (Å²) in [5.41, 5.74) is 2.65. The monoisotopic (exact) mass is 454 g/mol. The molecule has 1 N–H and O–H groups in total. The Morgan fingerprint density at radius 3 is 2.61 bits per heavy atom. The summed E-state index contributed by atoms with van der Waals surface area (Å²) in [6.45, 7) is 0.150. The molecule has 1 aliphatic carbocycles. The molecule has 3 aromatic rings. The number of nitrogens with zero attached hydrogens (tertiary/aromatic N) is 1. The van der Waals surface area contributed by atoms with Gasteiger partial charge in [0.05, 0.1) is 17.5 Å². The van der Waals surface area contributed by atoms with E-state index in [0.29, 0.717) is 23.0 Å². The number of anilines is 1. The van der Waals surface area contributed by atoms with Crippen molar-refractivity contribution in [2.75, 3.05) is 5.32 Å². The molecule has 0 unspecified atom stereocenters. The van der Waals surface area contributed by atoms with Gasteiger partial charge in [0.2, 0.25) is 5.91 Å². The maximum absolute atomic E-state index is 13.0. The number of benzene rings is 2. The SMILES string of the molecule is O=C(Nc1nc(-c2ccccc2)cs1)[C@H]1CCCC[C@@H]1C(=O)OCc1cccc(Cl)c1. The molecule has 7 heteroatoms. The first-order valence-electron chi connectivity index (χ1n) is 10.3. The van der Waals surface area contributed by atoms with Crippen molar-refractivity contribution in [1.29, 1.82) is 0 Å². The summed E-state index contributed by atoms with van der Waals surface area (Å²) in [6, 6.07) is 17.0. The van der Waals surface area contributed by atoms with Crippen LogP contribution in [0.4, 0.5) is 5.13 Å². The molecule has 1 aliphatic rings. The Kier molecular flexibility index (Phi) is 6.99. The van der Waals surface area contributed by atoms with Crippen molar-refractivity contribution in [2.24, 2.45) is 11.8 Å². The Morgan fingerprint density at radius 2 is 1.84 bits per heavy atom. The molecule has 5 nitrogen and oxygen atoms in total. The molecule has 1 fully saturated rings. The van der Waals surface area contributed by atoms with Crippen LogP contribution in [-0.2, 0) is 20.9 Å². The number of hydrogen-bond acceptors (Lipinski definition) is 5. The minimum atomic E-state index is -0.443. The van der Waals surface area contributed by atoms with Crippen LogP contribution in [0, 0.1) is 11.8 Å². The molecule has 0 bridgehead atoms. The van der Waals surface area contributed by atoms with E-state index >= 15 is 0 Å². The van der Waals surface area contributed by atoms with Crippen molar-refractivity contribution in [1.82, 2.24) is 4.98 Å². The summed E-state index contributed by atoms with van der Waals surface area (Å²) in [5, 5.41) is 5.97. The Balaban J connectivity index is 1.39. The molecule has 1 saturated carbocycles. The van der Waals surface area contributed by atoms with Crippen molar-refractivity contribution >= 4 is 39.9 Å². The zero-order valence-electron chi connectivity index (χ0n) is 16.9. The number of hydrogen-bond donors (Lipinski definition) is 1. The van der Waals surface area contributed by atoms with Gasteiger partial charge >= 0.3 is 5.97 Å². The van der Waals surface area contributed by atoms with E-state index < -0.39 is 11.8 Å². The van der Waals surface area contributed by atoms with Gasteiger partial charge in [0, 0.05) is 16.0 Å². The maximum Gasteiger partial charge on any atom is 0.310 e. The predicted molar refractivity (Wildman–Crippen MR) is 123 cm³/mol. The molecule has 0 aliphatic heterocycles. The zero-order valence-corrected chi connectivity index (χ0v) is 18.5. The minimum absolute atomic E-state index is 0.150. The van der Waals surface area contributed by atoms with Crippen LogP contribution in [-0.4, -0.2) is 16.9 Å². The third-order valence-corrected chi connectivity index (χ3v) is 6.47. The van der Waals surface area contributed by atoms with Crippen molar-refractivity contribution in [2.45, 2.75) is 32.3 Å². The lowest BCUT2D eigenvalue weighted by Crippen LogP contribution is -2.37. The number of carbonyl (C=O) groups is 2. The van der Waals surface area contributed by atoms with Crippen molar-refractivity contribution < 1.29 is 14.3 Å². The lowest BCUT2D eigenvalue weighted by atomic mass is 9.78. The first-order chi connectivity index (χ1) is 15.1. The summed E-state index contributed by atoms with van der Waals surface area (Å²) >= 11 is 7.38. The third kappa shape index (κ3) is 5.51.